The lowest BCUT2D eigenvalue weighted by atomic mass is 9.84. The van der Waals surface area contributed by atoms with Crippen LogP contribution in [0.4, 0.5) is 0 Å². The molecular weight excluding hydrogens is 332 g/mol. The van der Waals surface area contributed by atoms with Gasteiger partial charge in [-0.1, -0.05) is 6.07 Å². The average molecular weight is 358 g/mol. The normalized spacial score (nSPS) is 25.6. The fraction of sp³-hybridized carbons (Fsp3) is 0.650. The van der Waals surface area contributed by atoms with Gasteiger partial charge in [0.15, 0.2) is 0 Å². The molecule has 3 heterocycles. The third kappa shape index (κ3) is 3.47. The Balaban J connectivity index is 1.30. The van der Waals surface area contributed by atoms with E-state index in [0.717, 1.165) is 44.1 Å². The zero-order valence-electron chi connectivity index (χ0n) is 15.1. The van der Waals surface area contributed by atoms with Gasteiger partial charge in [0, 0.05) is 25.5 Å². The Labute approximate surface area is 153 Å². The number of likely N-dealkylation sites (tertiary alicyclic amines) is 1. The van der Waals surface area contributed by atoms with Crippen LogP contribution >= 0.6 is 0 Å². The minimum Gasteiger partial charge on any atom is -0.458 e. The van der Waals surface area contributed by atoms with Crippen LogP contribution in [0.5, 0.6) is 0 Å². The zero-order chi connectivity index (χ0) is 18.0. The summed E-state index contributed by atoms with van der Waals surface area (Å²) in [6.07, 6.45) is 9.40. The highest BCUT2D eigenvalue weighted by molar-refractivity contribution is 5.88. The van der Waals surface area contributed by atoms with Gasteiger partial charge in [-0.05, 0) is 50.2 Å². The second-order valence-corrected chi connectivity index (χ2v) is 7.70. The molecule has 1 spiro atoms. The Bertz CT molecular complexity index is 649. The molecule has 1 aromatic rings. The highest BCUT2D eigenvalue weighted by atomic mass is 16.6. The largest absolute Gasteiger partial charge is 0.458 e. The molecule has 0 unspecified atom stereocenters. The molecule has 2 aliphatic heterocycles. The van der Waals surface area contributed by atoms with Gasteiger partial charge < -0.3 is 14.4 Å². The lowest BCUT2D eigenvalue weighted by Crippen LogP contribution is -2.48. The number of ether oxygens (including phenoxy) is 2. The lowest BCUT2D eigenvalue weighted by Gasteiger charge is -2.36. The molecule has 6 heteroatoms. The van der Waals surface area contributed by atoms with Crippen molar-refractivity contribution >= 4 is 11.9 Å². The van der Waals surface area contributed by atoms with Crippen LogP contribution in [0.2, 0.25) is 0 Å². The van der Waals surface area contributed by atoms with Crippen LogP contribution in [0.3, 0.4) is 0 Å². The number of carbonyl (C=O) groups is 2. The Hall–Kier alpha value is -1.95. The predicted octanol–water partition coefficient (Wildman–Crippen LogP) is 2.47. The van der Waals surface area contributed by atoms with E-state index in [9.17, 15) is 9.59 Å². The molecule has 3 fully saturated rings. The van der Waals surface area contributed by atoms with E-state index in [1.165, 1.54) is 0 Å². The summed E-state index contributed by atoms with van der Waals surface area (Å²) in [5.74, 6) is -0.395. The maximum atomic E-state index is 13.0. The van der Waals surface area contributed by atoms with Crippen molar-refractivity contribution in [3.8, 4) is 0 Å². The summed E-state index contributed by atoms with van der Waals surface area (Å²) in [7, 11) is 0. The summed E-state index contributed by atoms with van der Waals surface area (Å²) in [5, 5.41) is 0. The topological polar surface area (TPSA) is 68.7 Å². The molecule has 1 amide bonds. The summed E-state index contributed by atoms with van der Waals surface area (Å²) in [5.41, 5.74) is 0.553. The molecule has 2 saturated heterocycles. The Morgan fingerprint density at radius 2 is 2.08 bits per heavy atom. The number of esters is 1. The van der Waals surface area contributed by atoms with Crippen molar-refractivity contribution in [3.63, 3.8) is 0 Å². The van der Waals surface area contributed by atoms with E-state index >= 15 is 0 Å². The van der Waals surface area contributed by atoms with Crippen LogP contribution in [0.25, 0.3) is 0 Å². The van der Waals surface area contributed by atoms with Gasteiger partial charge in [-0.25, -0.2) is 0 Å². The highest BCUT2D eigenvalue weighted by Crippen LogP contribution is 2.46. The van der Waals surface area contributed by atoms with Crippen molar-refractivity contribution in [1.29, 1.82) is 0 Å². The molecule has 1 aliphatic carbocycles. The molecule has 4 rings (SSSR count). The van der Waals surface area contributed by atoms with E-state index in [0.29, 0.717) is 19.7 Å². The molecule has 0 radical (unpaired) electrons. The summed E-state index contributed by atoms with van der Waals surface area (Å²) < 4.78 is 11.6. The van der Waals surface area contributed by atoms with Gasteiger partial charge in [0.2, 0.25) is 5.91 Å². The maximum Gasteiger partial charge on any atom is 0.307 e. The molecule has 3 aliphatic rings. The Morgan fingerprint density at radius 3 is 2.77 bits per heavy atom. The fourth-order valence-electron chi connectivity index (χ4n) is 4.59. The number of piperidine rings is 1. The van der Waals surface area contributed by atoms with Gasteiger partial charge in [-0.15, -0.1) is 0 Å². The predicted molar refractivity (Wildman–Crippen MR) is 94.0 cm³/mol. The first-order valence-corrected chi connectivity index (χ1v) is 9.67. The van der Waals surface area contributed by atoms with Gasteiger partial charge >= 0.3 is 5.97 Å². The SMILES string of the molecule is O=C1C[C@@H](C(=O)N2CCC(OCc3cccnc3)CC2)C2(CCCC2)O1. The van der Waals surface area contributed by atoms with Crippen molar-refractivity contribution < 1.29 is 19.1 Å². The number of rotatable bonds is 4. The highest BCUT2D eigenvalue weighted by Gasteiger charge is 2.54. The molecular formula is C20H26N2O4. The van der Waals surface area contributed by atoms with Gasteiger partial charge in [0.1, 0.15) is 5.60 Å². The standard InChI is InChI=1S/C20H26N2O4/c23-18-12-17(20(26-18)7-1-2-8-20)19(24)22-10-5-16(6-11-22)25-14-15-4-3-9-21-13-15/h3-4,9,13,16-17H,1-2,5-8,10-12,14H2/t17-/m0/s1. The average Bonchev–Trinajstić information content (AvgIpc) is 3.27. The summed E-state index contributed by atoms with van der Waals surface area (Å²) in [4.78, 5) is 30.9. The number of nitrogens with zero attached hydrogens (tertiary/aromatic N) is 2. The maximum absolute atomic E-state index is 13.0. The molecule has 140 valence electrons. The Morgan fingerprint density at radius 1 is 1.31 bits per heavy atom. The van der Waals surface area contributed by atoms with Crippen molar-refractivity contribution in [2.75, 3.05) is 13.1 Å². The number of pyridine rings is 1. The third-order valence-corrected chi connectivity index (χ3v) is 6.03. The molecule has 1 aromatic heterocycles. The number of aromatic nitrogens is 1. The van der Waals surface area contributed by atoms with E-state index in [4.69, 9.17) is 9.47 Å². The second kappa shape index (κ2) is 7.35. The first-order chi connectivity index (χ1) is 12.7. The van der Waals surface area contributed by atoms with Gasteiger partial charge in [0.05, 0.1) is 25.0 Å². The van der Waals surface area contributed by atoms with Crippen LogP contribution in [-0.2, 0) is 25.7 Å². The van der Waals surface area contributed by atoms with Gasteiger partial charge in [-0.2, -0.15) is 0 Å². The number of hydrogen-bond acceptors (Lipinski definition) is 5. The van der Waals surface area contributed by atoms with Crippen molar-refractivity contribution in [3.05, 3.63) is 30.1 Å². The van der Waals surface area contributed by atoms with E-state index in [1.807, 2.05) is 23.2 Å². The van der Waals surface area contributed by atoms with Gasteiger partial charge in [-0.3, -0.25) is 14.6 Å². The number of carbonyl (C=O) groups excluding carboxylic acids is 2. The molecule has 1 saturated carbocycles. The summed E-state index contributed by atoms with van der Waals surface area (Å²) in [6.45, 7) is 1.94. The molecule has 0 bridgehead atoms. The minimum atomic E-state index is -0.512. The quantitative estimate of drug-likeness (QED) is 0.774. The molecule has 1 atom stereocenters. The number of amides is 1. The summed E-state index contributed by atoms with van der Waals surface area (Å²) in [6, 6.07) is 3.91. The van der Waals surface area contributed by atoms with Crippen LogP contribution in [0.15, 0.2) is 24.5 Å². The molecule has 0 aromatic carbocycles. The van der Waals surface area contributed by atoms with E-state index in [1.54, 1.807) is 6.20 Å². The van der Waals surface area contributed by atoms with Crippen LogP contribution in [-0.4, -0.2) is 46.6 Å². The minimum absolute atomic E-state index is 0.100. The van der Waals surface area contributed by atoms with Crippen molar-refractivity contribution in [2.24, 2.45) is 5.92 Å². The second-order valence-electron chi connectivity index (χ2n) is 7.70. The number of hydrogen-bond donors (Lipinski definition) is 0. The zero-order valence-corrected chi connectivity index (χ0v) is 15.1. The summed E-state index contributed by atoms with van der Waals surface area (Å²) >= 11 is 0. The molecule has 6 nitrogen and oxygen atoms in total. The molecule has 0 N–H and O–H groups in total. The van der Waals surface area contributed by atoms with Crippen LogP contribution in [0.1, 0.15) is 50.5 Å². The van der Waals surface area contributed by atoms with E-state index in [2.05, 4.69) is 4.98 Å². The van der Waals surface area contributed by atoms with E-state index in [-0.39, 0.29) is 30.3 Å². The van der Waals surface area contributed by atoms with Crippen molar-refractivity contribution in [2.45, 2.75) is 63.3 Å². The first-order valence-electron chi connectivity index (χ1n) is 9.67. The fourth-order valence-corrected chi connectivity index (χ4v) is 4.59. The van der Waals surface area contributed by atoms with Crippen LogP contribution < -0.4 is 0 Å². The van der Waals surface area contributed by atoms with E-state index < -0.39 is 5.60 Å². The monoisotopic (exact) mass is 358 g/mol. The first kappa shape index (κ1) is 17.5. The third-order valence-electron chi connectivity index (χ3n) is 6.03. The lowest BCUT2D eigenvalue weighted by molar-refractivity contribution is -0.152. The van der Waals surface area contributed by atoms with Crippen LogP contribution in [0, 0.1) is 5.92 Å². The Kier molecular flexibility index (Phi) is 4.94. The van der Waals surface area contributed by atoms with Gasteiger partial charge in [0.25, 0.3) is 0 Å². The van der Waals surface area contributed by atoms with Crippen molar-refractivity contribution in [1.82, 2.24) is 9.88 Å². The smallest absolute Gasteiger partial charge is 0.307 e. The molecule has 26 heavy (non-hydrogen) atoms.